The van der Waals surface area contributed by atoms with Gasteiger partial charge in [-0.1, -0.05) is 11.6 Å². The molecule has 18 heavy (non-hydrogen) atoms. The van der Waals surface area contributed by atoms with Crippen LogP contribution < -0.4 is 0 Å². The van der Waals surface area contributed by atoms with Crippen LogP contribution in [0.4, 0.5) is 0 Å². The third-order valence-electron chi connectivity index (χ3n) is 2.50. The van der Waals surface area contributed by atoms with Crippen molar-refractivity contribution >= 4 is 44.4 Å². The Bertz CT molecular complexity index is 628. The van der Waals surface area contributed by atoms with Crippen LogP contribution in [0, 0.1) is 6.92 Å². The first-order valence-electron chi connectivity index (χ1n) is 5.46. The van der Waals surface area contributed by atoms with Crippen molar-refractivity contribution in [2.75, 3.05) is 6.61 Å². The fourth-order valence-corrected chi connectivity index (χ4v) is 2.60. The van der Waals surface area contributed by atoms with Gasteiger partial charge in [0.2, 0.25) is 0 Å². The number of fused-ring (bicyclic) bond motifs is 1. The molecule has 94 valence electrons. The number of benzene rings is 1. The lowest BCUT2D eigenvalue weighted by Gasteiger charge is -2.08. The number of rotatable bonds is 2. The molecule has 0 amide bonds. The zero-order valence-electron chi connectivity index (χ0n) is 9.96. The summed E-state index contributed by atoms with van der Waals surface area (Å²) >= 11 is 9.55. The predicted octanol–water partition coefficient (Wildman–Crippen LogP) is 4.14. The van der Waals surface area contributed by atoms with Gasteiger partial charge >= 0.3 is 5.97 Å². The molecule has 0 aliphatic rings. The van der Waals surface area contributed by atoms with Gasteiger partial charge in [-0.2, -0.15) is 0 Å². The highest BCUT2D eigenvalue weighted by atomic mass is 79.9. The number of ether oxygens (including phenoxy) is 1. The SMILES string of the molecule is CCOC(=O)c1cnc2c(Cl)cc(C)cc2c1Br. The van der Waals surface area contributed by atoms with E-state index in [1.807, 2.05) is 19.1 Å². The van der Waals surface area contributed by atoms with Gasteiger partial charge < -0.3 is 4.74 Å². The minimum Gasteiger partial charge on any atom is -0.462 e. The lowest BCUT2D eigenvalue weighted by atomic mass is 10.1. The molecule has 0 aliphatic heterocycles. The number of hydrogen-bond acceptors (Lipinski definition) is 3. The molecule has 1 heterocycles. The van der Waals surface area contributed by atoms with E-state index >= 15 is 0 Å². The first-order valence-corrected chi connectivity index (χ1v) is 6.63. The number of carbonyl (C=O) groups excluding carboxylic acids is 1. The summed E-state index contributed by atoms with van der Waals surface area (Å²) in [4.78, 5) is 16.0. The highest BCUT2D eigenvalue weighted by Crippen LogP contribution is 2.31. The average Bonchev–Trinajstić information content (AvgIpc) is 2.30. The van der Waals surface area contributed by atoms with Crippen LogP contribution in [0.25, 0.3) is 10.9 Å². The quantitative estimate of drug-likeness (QED) is 0.778. The van der Waals surface area contributed by atoms with E-state index in [0.717, 1.165) is 10.9 Å². The Morgan fingerprint density at radius 3 is 2.89 bits per heavy atom. The average molecular weight is 329 g/mol. The number of nitrogens with zero attached hydrogens (tertiary/aromatic N) is 1. The standard InChI is InChI=1S/C13H11BrClNO2/c1-3-18-13(17)9-6-16-12-8(11(9)14)4-7(2)5-10(12)15/h4-6H,3H2,1-2H3. The number of pyridine rings is 1. The molecule has 5 heteroatoms. The van der Waals surface area contributed by atoms with Crippen LogP contribution in [0.3, 0.4) is 0 Å². The third-order valence-corrected chi connectivity index (χ3v) is 3.64. The zero-order chi connectivity index (χ0) is 13.3. The molecule has 1 aromatic heterocycles. The van der Waals surface area contributed by atoms with Gasteiger partial charge in [0.15, 0.2) is 0 Å². The number of aromatic nitrogens is 1. The second kappa shape index (κ2) is 5.24. The monoisotopic (exact) mass is 327 g/mol. The summed E-state index contributed by atoms with van der Waals surface area (Å²) in [5, 5.41) is 1.38. The van der Waals surface area contributed by atoms with E-state index in [1.54, 1.807) is 6.92 Å². The van der Waals surface area contributed by atoms with E-state index in [4.69, 9.17) is 16.3 Å². The Labute approximate surface area is 118 Å². The van der Waals surface area contributed by atoms with Crippen molar-refractivity contribution in [3.05, 3.63) is 39.0 Å². The van der Waals surface area contributed by atoms with Crippen LogP contribution >= 0.6 is 27.5 Å². The van der Waals surface area contributed by atoms with E-state index in [-0.39, 0.29) is 0 Å². The number of halogens is 2. The molecule has 0 aliphatic carbocycles. The molecule has 0 bridgehead atoms. The number of carbonyl (C=O) groups is 1. The number of hydrogen-bond donors (Lipinski definition) is 0. The van der Waals surface area contributed by atoms with Gasteiger partial charge in [0.05, 0.1) is 22.7 Å². The van der Waals surface area contributed by atoms with Gasteiger partial charge in [-0.15, -0.1) is 0 Å². The maximum Gasteiger partial charge on any atom is 0.340 e. The largest absolute Gasteiger partial charge is 0.462 e. The second-order valence-corrected chi connectivity index (χ2v) is 5.05. The molecule has 2 rings (SSSR count). The van der Waals surface area contributed by atoms with Crippen LogP contribution in [-0.4, -0.2) is 17.6 Å². The molecule has 0 saturated heterocycles. The molecule has 0 fully saturated rings. The fraction of sp³-hybridized carbons (Fsp3) is 0.231. The Kier molecular flexibility index (Phi) is 3.88. The minimum atomic E-state index is -0.392. The van der Waals surface area contributed by atoms with Crippen LogP contribution in [0.2, 0.25) is 5.02 Å². The summed E-state index contributed by atoms with van der Waals surface area (Å²) in [7, 11) is 0. The van der Waals surface area contributed by atoms with E-state index in [1.165, 1.54) is 6.20 Å². The van der Waals surface area contributed by atoms with E-state index < -0.39 is 5.97 Å². The van der Waals surface area contributed by atoms with Crippen LogP contribution in [0.15, 0.2) is 22.8 Å². The van der Waals surface area contributed by atoms with Crippen molar-refractivity contribution in [1.29, 1.82) is 0 Å². The molecule has 1 aromatic carbocycles. The topological polar surface area (TPSA) is 39.2 Å². The van der Waals surface area contributed by atoms with E-state index in [9.17, 15) is 4.79 Å². The molecule has 0 N–H and O–H groups in total. The summed E-state index contributed by atoms with van der Waals surface area (Å²) in [5.41, 5.74) is 2.09. The highest BCUT2D eigenvalue weighted by Gasteiger charge is 2.16. The Morgan fingerprint density at radius 1 is 1.50 bits per heavy atom. The van der Waals surface area contributed by atoms with Gasteiger partial charge in [-0.25, -0.2) is 4.79 Å². The molecule has 2 aromatic rings. The predicted molar refractivity (Wildman–Crippen MR) is 75.1 cm³/mol. The zero-order valence-corrected chi connectivity index (χ0v) is 12.3. The van der Waals surface area contributed by atoms with Crippen molar-refractivity contribution < 1.29 is 9.53 Å². The summed E-state index contributed by atoms with van der Waals surface area (Å²) in [6.45, 7) is 4.04. The lowest BCUT2D eigenvalue weighted by Crippen LogP contribution is -2.06. The highest BCUT2D eigenvalue weighted by molar-refractivity contribution is 9.10. The minimum absolute atomic E-state index is 0.331. The molecular formula is C13H11BrClNO2. The summed E-state index contributed by atoms with van der Waals surface area (Å²) < 4.78 is 5.64. The maximum absolute atomic E-state index is 11.8. The van der Waals surface area contributed by atoms with E-state index in [0.29, 0.717) is 27.2 Å². The summed E-state index contributed by atoms with van der Waals surface area (Å²) in [5.74, 6) is -0.392. The first-order chi connectivity index (χ1) is 8.54. The molecule has 0 unspecified atom stereocenters. The maximum atomic E-state index is 11.8. The normalized spacial score (nSPS) is 10.7. The molecule has 0 atom stereocenters. The van der Waals surface area contributed by atoms with Gasteiger partial charge in [0.1, 0.15) is 0 Å². The Balaban J connectivity index is 2.67. The number of esters is 1. The third kappa shape index (κ3) is 2.35. The number of aryl methyl sites for hydroxylation is 1. The van der Waals surface area contributed by atoms with Crippen molar-refractivity contribution in [2.24, 2.45) is 0 Å². The fourth-order valence-electron chi connectivity index (χ4n) is 1.72. The molecule has 3 nitrogen and oxygen atoms in total. The van der Waals surface area contributed by atoms with Crippen LogP contribution in [0.5, 0.6) is 0 Å². The van der Waals surface area contributed by atoms with Crippen molar-refractivity contribution in [1.82, 2.24) is 4.98 Å². The van der Waals surface area contributed by atoms with Gasteiger partial charge in [-0.3, -0.25) is 4.98 Å². The second-order valence-electron chi connectivity index (χ2n) is 3.85. The van der Waals surface area contributed by atoms with Crippen molar-refractivity contribution in [3.8, 4) is 0 Å². The smallest absolute Gasteiger partial charge is 0.340 e. The van der Waals surface area contributed by atoms with Crippen molar-refractivity contribution in [3.63, 3.8) is 0 Å². The van der Waals surface area contributed by atoms with Gasteiger partial charge in [-0.05, 0) is 47.5 Å². The van der Waals surface area contributed by atoms with E-state index in [2.05, 4.69) is 20.9 Å². The molecular weight excluding hydrogens is 318 g/mol. The summed E-state index contributed by atoms with van der Waals surface area (Å²) in [6, 6.07) is 3.77. The van der Waals surface area contributed by atoms with Gasteiger partial charge in [0, 0.05) is 16.1 Å². The van der Waals surface area contributed by atoms with Crippen LogP contribution in [0.1, 0.15) is 22.8 Å². The Morgan fingerprint density at radius 2 is 2.22 bits per heavy atom. The molecule has 0 radical (unpaired) electrons. The molecule has 0 spiro atoms. The lowest BCUT2D eigenvalue weighted by molar-refractivity contribution is 0.0525. The van der Waals surface area contributed by atoms with Gasteiger partial charge in [0.25, 0.3) is 0 Å². The first kappa shape index (κ1) is 13.3. The Hall–Kier alpha value is -1.13. The van der Waals surface area contributed by atoms with Crippen molar-refractivity contribution in [2.45, 2.75) is 13.8 Å². The summed E-state index contributed by atoms with van der Waals surface area (Å²) in [6.07, 6.45) is 1.48. The molecule has 0 saturated carbocycles. The van der Waals surface area contributed by atoms with Crippen LogP contribution in [-0.2, 0) is 4.74 Å².